The van der Waals surface area contributed by atoms with E-state index in [1.807, 2.05) is 0 Å². The first-order chi connectivity index (χ1) is 14.7. The van der Waals surface area contributed by atoms with E-state index in [4.69, 9.17) is 9.47 Å². The van der Waals surface area contributed by atoms with Gasteiger partial charge in [-0.2, -0.15) is 0 Å². The van der Waals surface area contributed by atoms with Gasteiger partial charge in [0.1, 0.15) is 11.5 Å². The number of hydrogen-bond donors (Lipinski definition) is 1. The summed E-state index contributed by atoms with van der Waals surface area (Å²) >= 11 is 0. The minimum atomic E-state index is -0.808. The predicted molar refractivity (Wildman–Crippen MR) is 114 cm³/mol. The van der Waals surface area contributed by atoms with Crippen LogP contribution in [-0.2, 0) is 9.47 Å². The highest BCUT2D eigenvalue weighted by Gasteiger charge is 2.31. The number of H-pyrrole nitrogens is 1. The molecule has 0 spiro atoms. The second-order valence-corrected chi connectivity index (χ2v) is 7.24. The van der Waals surface area contributed by atoms with Crippen LogP contribution in [0.2, 0.25) is 0 Å². The van der Waals surface area contributed by atoms with Crippen LogP contribution in [0.3, 0.4) is 0 Å². The van der Waals surface area contributed by atoms with Crippen molar-refractivity contribution in [2.75, 3.05) is 26.9 Å². The summed E-state index contributed by atoms with van der Waals surface area (Å²) in [4.78, 5) is 43.1. The van der Waals surface area contributed by atoms with E-state index in [9.17, 15) is 18.8 Å². The van der Waals surface area contributed by atoms with E-state index >= 15 is 0 Å². The Labute approximate surface area is 181 Å². The topological polar surface area (TPSA) is 88.7 Å². The number of amides is 1. The maximum absolute atomic E-state index is 13.4. The van der Waals surface area contributed by atoms with E-state index in [2.05, 4.69) is 4.98 Å². The highest BCUT2D eigenvalue weighted by molar-refractivity contribution is 6.07. The normalized spacial score (nSPS) is 11.8. The monoisotopic (exact) mass is 432 g/mol. The number of ketones is 1. The molecule has 1 amide bonds. The van der Waals surface area contributed by atoms with Gasteiger partial charge in [0.2, 0.25) is 0 Å². The molecular formula is C23H29FN2O5. The molecule has 0 unspecified atom stereocenters. The largest absolute Gasteiger partial charge is 0.461 e. The first-order valence-electron chi connectivity index (χ1n) is 10.2. The standard InChI is InChI=1S/C23H29FN2O5/c1-6-31-23(29)20-14(2)19(15(3)25-20)21(27)16(4)26(12-7-13-30-5)22(28)17-8-10-18(24)11-9-17/h8-11,16,25H,6-7,12-13H2,1-5H3/t16-/m1/s1. The van der Waals surface area contributed by atoms with Crippen molar-refractivity contribution in [3.63, 3.8) is 0 Å². The van der Waals surface area contributed by atoms with E-state index in [-0.39, 0.29) is 36.1 Å². The molecule has 0 bridgehead atoms. The molecule has 1 aromatic heterocycles. The van der Waals surface area contributed by atoms with Crippen LogP contribution >= 0.6 is 0 Å². The number of aromatic amines is 1. The fourth-order valence-corrected chi connectivity index (χ4v) is 3.49. The number of hydrogen-bond acceptors (Lipinski definition) is 5. The molecule has 0 aliphatic carbocycles. The molecule has 7 nitrogen and oxygen atoms in total. The van der Waals surface area contributed by atoms with Crippen LogP contribution < -0.4 is 0 Å². The van der Waals surface area contributed by atoms with E-state index < -0.39 is 17.8 Å². The number of aryl methyl sites for hydroxylation is 1. The number of carbonyl (C=O) groups is 3. The smallest absolute Gasteiger partial charge is 0.355 e. The molecular weight excluding hydrogens is 403 g/mol. The lowest BCUT2D eigenvalue weighted by atomic mass is 9.99. The van der Waals surface area contributed by atoms with E-state index in [1.54, 1.807) is 34.8 Å². The number of nitrogens with zero attached hydrogens (tertiary/aromatic N) is 1. The second-order valence-electron chi connectivity index (χ2n) is 7.24. The van der Waals surface area contributed by atoms with E-state index in [0.29, 0.717) is 29.8 Å². The summed E-state index contributed by atoms with van der Waals surface area (Å²) < 4.78 is 23.4. The molecule has 1 aromatic carbocycles. The van der Waals surface area contributed by atoms with Crippen molar-refractivity contribution in [3.05, 3.63) is 58.2 Å². The fourth-order valence-electron chi connectivity index (χ4n) is 3.49. The highest BCUT2D eigenvalue weighted by atomic mass is 19.1. The number of esters is 1. The zero-order chi connectivity index (χ0) is 23.1. The maximum atomic E-state index is 13.4. The van der Waals surface area contributed by atoms with Crippen LogP contribution in [0.4, 0.5) is 4.39 Å². The average Bonchev–Trinajstić information content (AvgIpc) is 3.04. The molecule has 168 valence electrons. The van der Waals surface area contributed by atoms with Crippen molar-refractivity contribution in [3.8, 4) is 0 Å². The second kappa shape index (κ2) is 10.9. The van der Waals surface area contributed by atoms with Crippen molar-refractivity contribution in [2.24, 2.45) is 0 Å². The Bertz CT molecular complexity index is 936. The SMILES string of the molecule is CCOC(=O)c1[nH]c(C)c(C(=O)[C@@H](C)N(CCCOC)C(=O)c2ccc(F)cc2)c1C. The minimum Gasteiger partial charge on any atom is -0.461 e. The lowest BCUT2D eigenvalue weighted by molar-refractivity contribution is 0.0518. The van der Waals surface area contributed by atoms with Gasteiger partial charge in [-0.05, 0) is 63.9 Å². The Balaban J connectivity index is 2.36. The lowest BCUT2D eigenvalue weighted by Crippen LogP contribution is -2.44. The van der Waals surface area contributed by atoms with Crippen molar-refractivity contribution >= 4 is 17.7 Å². The minimum absolute atomic E-state index is 0.218. The molecule has 0 fully saturated rings. The molecule has 1 N–H and O–H groups in total. The third kappa shape index (κ3) is 5.58. The first-order valence-corrected chi connectivity index (χ1v) is 10.2. The number of ether oxygens (including phenoxy) is 2. The molecule has 0 aliphatic rings. The van der Waals surface area contributed by atoms with Gasteiger partial charge in [-0.25, -0.2) is 9.18 Å². The number of rotatable bonds is 10. The van der Waals surface area contributed by atoms with Gasteiger partial charge in [-0.15, -0.1) is 0 Å². The Morgan fingerprint density at radius 3 is 2.39 bits per heavy atom. The number of methoxy groups -OCH3 is 1. The van der Waals surface area contributed by atoms with Gasteiger partial charge in [-0.3, -0.25) is 9.59 Å². The summed E-state index contributed by atoms with van der Waals surface area (Å²) in [6.45, 7) is 7.64. The molecule has 8 heteroatoms. The number of benzene rings is 1. The van der Waals surface area contributed by atoms with Crippen LogP contribution in [0.25, 0.3) is 0 Å². The Morgan fingerprint density at radius 2 is 1.81 bits per heavy atom. The van der Waals surface area contributed by atoms with Crippen molar-refractivity contribution in [1.29, 1.82) is 0 Å². The van der Waals surface area contributed by atoms with E-state index in [1.165, 1.54) is 29.2 Å². The number of halogens is 1. The summed E-state index contributed by atoms with van der Waals surface area (Å²) in [5, 5.41) is 0. The van der Waals surface area contributed by atoms with Crippen molar-refractivity contribution in [1.82, 2.24) is 9.88 Å². The van der Waals surface area contributed by atoms with Crippen LogP contribution in [-0.4, -0.2) is 60.5 Å². The van der Waals surface area contributed by atoms with Crippen molar-refractivity contribution in [2.45, 2.75) is 40.2 Å². The summed E-state index contributed by atoms with van der Waals surface area (Å²) in [6, 6.07) is 4.39. The first kappa shape index (κ1) is 24.3. The average molecular weight is 432 g/mol. The Morgan fingerprint density at radius 1 is 1.16 bits per heavy atom. The Kier molecular flexibility index (Phi) is 8.50. The van der Waals surface area contributed by atoms with Gasteiger partial charge in [-0.1, -0.05) is 0 Å². The summed E-state index contributed by atoms with van der Waals surface area (Å²) in [5.41, 5.74) is 1.89. The fraction of sp³-hybridized carbons (Fsp3) is 0.435. The van der Waals surface area contributed by atoms with Crippen LogP contribution in [0.5, 0.6) is 0 Å². The van der Waals surface area contributed by atoms with Crippen molar-refractivity contribution < 1.29 is 28.2 Å². The molecule has 0 saturated heterocycles. The summed E-state index contributed by atoms with van der Waals surface area (Å²) in [7, 11) is 1.56. The molecule has 1 heterocycles. The summed E-state index contributed by atoms with van der Waals surface area (Å²) in [6.07, 6.45) is 0.528. The number of nitrogens with one attached hydrogen (secondary N) is 1. The molecule has 0 radical (unpaired) electrons. The predicted octanol–water partition coefficient (Wildman–Crippen LogP) is 3.70. The molecule has 0 aliphatic heterocycles. The number of Topliss-reactive ketones (excluding diaryl/α,β-unsaturated/α-hetero) is 1. The molecule has 0 saturated carbocycles. The molecule has 2 aromatic rings. The van der Waals surface area contributed by atoms with Gasteiger partial charge in [0.25, 0.3) is 5.91 Å². The molecule has 2 rings (SSSR count). The van der Waals surface area contributed by atoms with Crippen LogP contribution in [0.1, 0.15) is 62.7 Å². The quantitative estimate of drug-likeness (QED) is 0.351. The van der Waals surface area contributed by atoms with Crippen LogP contribution in [0, 0.1) is 19.7 Å². The van der Waals surface area contributed by atoms with E-state index in [0.717, 1.165) is 0 Å². The van der Waals surface area contributed by atoms with Crippen LogP contribution in [0.15, 0.2) is 24.3 Å². The zero-order valence-corrected chi connectivity index (χ0v) is 18.6. The molecule has 1 atom stereocenters. The Hall–Kier alpha value is -3.00. The van der Waals surface area contributed by atoms with Gasteiger partial charge in [0.15, 0.2) is 5.78 Å². The lowest BCUT2D eigenvalue weighted by Gasteiger charge is -2.29. The maximum Gasteiger partial charge on any atom is 0.355 e. The van der Waals surface area contributed by atoms with Gasteiger partial charge in [0, 0.05) is 37.1 Å². The molecule has 31 heavy (non-hydrogen) atoms. The number of aromatic nitrogens is 1. The third-order valence-electron chi connectivity index (χ3n) is 5.11. The van der Waals surface area contributed by atoms with Gasteiger partial charge >= 0.3 is 5.97 Å². The third-order valence-corrected chi connectivity index (χ3v) is 5.11. The zero-order valence-electron chi connectivity index (χ0n) is 18.6. The highest BCUT2D eigenvalue weighted by Crippen LogP contribution is 2.23. The number of carbonyl (C=O) groups excluding carboxylic acids is 3. The summed E-state index contributed by atoms with van der Waals surface area (Å²) in [5.74, 6) is -1.66. The van der Waals surface area contributed by atoms with Gasteiger partial charge < -0.3 is 19.4 Å². The van der Waals surface area contributed by atoms with Gasteiger partial charge in [0.05, 0.1) is 12.6 Å².